The lowest BCUT2D eigenvalue weighted by atomic mass is 9.89. The standard InChI is InChI=1S/C15H19NO2S/c1-12-6-7-14(13(2)10-12)19(17,18)15(11-16)8-4-3-5-9-15/h6-7,10H,3-5,8-9H2,1-2H3. The van der Waals surface area contributed by atoms with Gasteiger partial charge in [-0.2, -0.15) is 5.26 Å². The van der Waals surface area contributed by atoms with Gasteiger partial charge < -0.3 is 0 Å². The molecule has 102 valence electrons. The summed E-state index contributed by atoms with van der Waals surface area (Å²) in [5.41, 5.74) is 1.77. The fraction of sp³-hybridized carbons (Fsp3) is 0.533. The van der Waals surface area contributed by atoms with Crippen molar-refractivity contribution in [3.05, 3.63) is 29.3 Å². The molecule has 0 amide bonds. The number of hydrogen-bond acceptors (Lipinski definition) is 3. The quantitative estimate of drug-likeness (QED) is 0.833. The molecule has 1 fully saturated rings. The molecule has 0 radical (unpaired) electrons. The third-order valence-corrected chi connectivity index (χ3v) is 6.56. The minimum atomic E-state index is -3.58. The van der Waals surface area contributed by atoms with Crippen molar-refractivity contribution in [1.82, 2.24) is 0 Å². The van der Waals surface area contributed by atoms with E-state index in [0.29, 0.717) is 17.7 Å². The molecule has 4 heteroatoms. The van der Waals surface area contributed by atoms with Crippen LogP contribution >= 0.6 is 0 Å². The Hall–Kier alpha value is -1.34. The molecule has 0 atom stereocenters. The molecule has 1 aliphatic carbocycles. The van der Waals surface area contributed by atoms with E-state index in [-0.39, 0.29) is 0 Å². The lowest BCUT2D eigenvalue weighted by Crippen LogP contribution is -2.39. The second-order valence-electron chi connectivity index (χ2n) is 5.44. The van der Waals surface area contributed by atoms with Gasteiger partial charge in [-0.25, -0.2) is 8.42 Å². The minimum absolute atomic E-state index is 0.321. The van der Waals surface area contributed by atoms with E-state index in [1.807, 2.05) is 13.0 Å². The van der Waals surface area contributed by atoms with Crippen molar-refractivity contribution in [3.8, 4) is 6.07 Å². The first-order valence-electron chi connectivity index (χ1n) is 6.66. The first-order valence-corrected chi connectivity index (χ1v) is 8.14. The van der Waals surface area contributed by atoms with E-state index in [4.69, 9.17) is 0 Å². The fourth-order valence-electron chi connectivity index (χ4n) is 2.87. The van der Waals surface area contributed by atoms with Crippen LogP contribution in [0.1, 0.15) is 43.2 Å². The fourth-order valence-corrected chi connectivity index (χ4v) is 4.97. The van der Waals surface area contributed by atoms with Gasteiger partial charge in [0, 0.05) is 0 Å². The lowest BCUT2D eigenvalue weighted by Gasteiger charge is -2.30. The van der Waals surface area contributed by atoms with Crippen LogP contribution in [-0.2, 0) is 9.84 Å². The lowest BCUT2D eigenvalue weighted by molar-refractivity contribution is 0.430. The van der Waals surface area contributed by atoms with E-state index in [1.54, 1.807) is 19.1 Å². The summed E-state index contributed by atoms with van der Waals surface area (Å²) in [7, 11) is -3.58. The van der Waals surface area contributed by atoms with Crippen molar-refractivity contribution in [1.29, 1.82) is 5.26 Å². The van der Waals surface area contributed by atoms with Crippen molar-refractivity contribution in [3.63, 3.8) is 0 Å². The van der Waals surface area contributed by atoms with E-state index >= 15 is 0 Å². The van der Waals surface area contributed by atoms with E-state index in [0.717, 1.165) is 30.4 Å². The van der Waals surface area contributed by atoms with E-state index in [2.05, 4.69) is 6.07 Å². The second-order valence-corrected chi connectivity index (χ2v) is 7.67. The van der Waals surface area contributed by atoms with Crippen LogP contribution in [0.15, 0.2) is 23.1 Å². The monoisotopic (exact) mass is 277 g/mol. The molecule has 1 saturated carbocycles. The molecule has 19 heavy (non-hydrogen) atoms. The maximum atomic E-state index is 12.8. The topological polar surface area (TPSA) is 57.9 Å². The van der Waals surface area contributed by atoms with Crippen LogP contribution in [0.2, 0.25) is 0 Å². The van der Waals surface area contributed by atoms with Crippen LogP contribution in [0.3, 0.4) is 0 Å². The first-order chi connectivity index (χ1) is 8.93. The largest absolute Gasteiger partial charge is 0.222 e. The predicted octanol–water partition coefficient (Wildman–Crippen LogP) is 3.30. The van der Waals surface area contributed by atoms with Gasteiger partial charge in [-0.05, 0) is 38.3 Å². The van der Waals surface area contributed by atoms with Crippen LogP contribution < -0.4 is 0 Å². The maximum Gasteiger partial charge on any atom is 0.197 e. The molecular formula is C15H19NO2S. The van der Waals surface area contributed by atoms with Gasteiger partial charge >= 0.3 is 0 Å². The van der Waals surface area contributed by atoms with Crippen molar-refractivity contribution >= 4 is 9.84 Å². The number of rotatable bonds is 2. The Balaban J connectivity index is 2.55. The molecule has 0 N–H and O–H groups in total. The van der Waals surface area contributed by atoms with E-state index in [9.17, 15) is 13.7 Å². The van der Waals surface area contributed by atoms with Crippen molar-refractivity contribution in [2.24, 2.45) is 0 Å². The predicted molar refractivity (Wildman–Crippen MR) is 74.5 cm³/mol. The van der Waals surface area contributed by atoms with Crippen LogP contribution in [0.5, 0.6) is 0 Å². The molecule has 0 bridgehead atoms. The number of nitriles is 1. The molecule has 1 aliphatic rings. The number of aryl methyl sites for hydroxylation is 2. The number of nitrogens with zero attached hydrogens (tertiary/aromatic N) is 1. The van der Waals surface area contributed by atoms with E-state index in [1.165, 1.54) is 0 Å². The Morgan fingerprint density at radius 2 is 1.79 bits per heavy atom. The summed E-state index contributed by atoms with van der Waals surface area (Å²) >= 11 is 0. The Bertz CT molecular complexity index is 620. The number of benzene rings is 1. The van der Waals surface area contributed by atoms with Gasteiger partial charge in [0.2, 0.25) is 0 Å². The second kappa shape index (κ2) is 4.97. The van der Waals surface area contributed by atoms with Crippen LogP contribution in [0.4, 0.5) is 0 Å². The maximum absolute atomic E-state index is 12.8. The average molecular weight is 277 g/mol. The van der Waals surface area contributed by atoms with Gasteiger partial charge in [0.25, 0.3) is 0 Å². The van der Waals surface area contributed by atoms with Crippen molar-refractivity contribution in [2.75, 3.05) is 0 Å². The highest BCUT2D eigenvalue weighted by Gasteiger charge is 2.46. The Labute approximate surface area is 115 Å². The normalized spacial score (nSPS) is 18.8. The zero-order valence-corrected chi connectivity index (χ0v) is 12.3. The zero-order chi connectivity index (χ0) is 14.1. The van der Waals surface area contributed by atoms with Crippen LogP contribution in [-0.4, -0.2) is 13.2 Å². The molecule has 0 aromatic heterocycles. The van der Waals surface area contributed by atoms with Gasteiger partial charge in [-0.15, -0.1) is 0 Å². The highest BCUT2D eigenvalue weighted by atomic mass is 32.2. The summed E-state index contributed by atoms with van der Waals surface area (Å²) in [6.45, 7) is 3.73. The molecule has 2 rings (SSSR count). The van der Waals surface area contributed by atoms with Gasteiger partial charge in [-0.3, -0.25) is 0 Å². The first kappa shape index (κ1) is 14.1. The number of hydrogen-bond donors (Lipinski definition) is 0. The van der Waals surface area contributed by atoms with Gasteiger partial charge in [0.05, 0.1) is 11.0 Å². The highest BCUT2D eigenvalue weighted by molar-refractivity contribution is 7.93. The van der Waals surface area contributed by atoms with Gasteiger partial charge in [0.1, 0.15) is 0 Å². The van der Waals surface area contributed by atoms with Gasteiger partial charge in [0.15, 0.2) is 14.6 Å². The summed E-state index contributed by atoms with van der Waals surface area (Å²) in [5, 5.41) is 9.45. The van der Waals surface area contributed by atoms with Crippen LogP contribution in [0.25, 0.3) is 0 Å². The summed E-state index contributed by atoms with van der Waals surface area (Å²) in [4.78, 5) is 0.321. The molecule has 1 aromatic carbocycles. The van der Waals surface area contributed by atoms with Gasteiger partial charge in [-0.1, -0.05) is 37.0 Å². The summed E-state index contributed by atoms with van der Waals surface area (Å²) in [5.74, 6) is 0. The molecule has 0 heterocycles. The van der Waals surface area contributed by atoms with E-state index < -0.39 is 14.6 Å². The van der Waals surface area contributed by atoms with Crippen molar-refractivity contribution < 1.29 is 8.42 Å². The highest BCUT2D eigenvalue weighted by Crippen LogP contribution is 2.39. The zero-order valence-electron chi connectivity index (χ0n) is 11.4. The summed E-state index contributed by atoms with van der Waals surface area (Å²) in [6, 6.07) is 7.42. The molecular weight excluding hydrogens is 258 g/mol. The molecule has 0 spiro atoms. The Morgan fingerprint density at radius 3 is 2.32 bits per heavy atom. The average Bonchev–Trinajstić information content (AvgIpc) is 2.39. The third-order valence-electron chi connectivity index (χ3n) is 4.00. The van der Waals surface area contributed by atoms with Crippen molar-refractivity contribution in [2.45, 2.75) is 55.6 Å². The Morgan fingerprint density at radius 1 is 1.16 bits per heavy atom. The minimum Gasteiger partial charge on any atom is -0.222 e. The molecule has 0 saturated heterocycles. The molecule has 0 unspecified atom stereocenters. The smallest absolute Gasteiger partial charge is 0.197 e. The number of sulfone groups is 1. The molecule has 1 aromatic rings. The van der Waals surface area contributed by atoms with Crippen LogP contribution in [0, 0.1) is 25.2 Å². The Kier molecular flexibility index (Phi) is 3.69. The summed E-state index contributed by atoms with van der Waals surface area (Å²) < 4.78 is 24.5. The summed E-state index contributed by atoms with van der Waals surface area (Å²) in [6.07, 6.45) is 3.57. The SMILES string of the molecule is Cc1ccc(S(=O)(=O)C2(C#N)CCCCC2)c(C)c1. The molecule has 0 aliphatic heterocycles. The molecule has 3 nitrogen and oxygen atoms in total. The third kappa shape index (κ3) is 2.28.